The molecule has 4 atom stereocenters. The van der Waals surface area contributed by atoms with E-state index in [1.807, 2.05) is 0 Å². The largest absolute Gasteiger partial charge is 0.369 e. The zero-order valence-corrected chi connectivity index (χ0v) is 11.3. The topological polar surface area (TPSA) is 97.8 Å². The molecule has 4 unspecified atom stereocenters. The average molecular weight is 269 g/mol. The van der Waals surface area contributed by atoms with Gasteiger partial charge in [-0.05, 0) is 6.92 Å². The molecule has 2 fully saturated rings. The third-order valence-corrected chi connectivity index (χ3v) is 3.89. The van der Waals surface area contributed by atoms with Crippen molar-refractivity contribution in [2.45, 2.75) is 30.9 Å². The predicted molar refractivity (Wildman–Crippen MR) is 64.7 cm³/mol. The zero-order chi connectivity index (χ0) is 14.2. The standard InChI is InChI=1S/C12H19N3O4/c1-7(14)11(16)15-5-8(4-13)9-10(15)12(17-2,18-3)6-19-9/h7-10H,5-6,14H2,1-3H3. The van der Waals surface area contributed by atoms with E-state index in [4.69, 9.17) is 19.9 Å². The molecule has 2 aliphatic rings. The highest BCUT2D eigenvalue weighted by atomic mass is 16.7. The summed E-state index contributed by atoms with van der Waals surface area (Å²) in [6.07, 6.45) is -0.396. The molecule has 2 saturated heterocycles. The van der Waals surface area contributed by atoms with Crippen LogP contribution in [0.4, 0.5) is 0 Å². The van der Waals surface area contributed by atoms with Crippen LogP contribution in [0.2, 0.25) is 0 Å². The second-order valence-corrected chi connectivity index (χ2v) is 4.96. The van der Waals surface area contributed by atoms with Crippen LogP contribution in [0.25, 0.3) is 0 Å². The number of hydrogen-bond donors (Lipinski definition) is 1. The number of carbonyl (C=O) groups is 1. The minimum absolute atomic E-state index is 0.191. The van der Waals surface area contributed by atoms with Crippen LogP contribution in [-0.2, 0) is 19.0 Å². The molecule has 2 N–H and O–H groups in total. The molecule has 0 saturated carbocycles. The van der Waals surface area contributed by atoms with Gasteiger partial charge in [0, 0.05) is 20.8 Å². The summed E-state index contributed by atoms with van der Waals surface area (Å²) >= 11 is 0. The number of rotatable bonds is 3. The van der Waals surface area contributed by atoms with Crippen LogP contribution in [0.3, 0.4) is 0 Å². The monoisotopic (exact) mass is 269 g/mol. The highest BCUT2D eigenvalue weighted by Gasteiger charge is 2.61. The van der Waals surface area contributed by atoms with Crippen molar-refractivity contribution in [2.24, 2.45) is 11.7 Å². The van der Waals surface area contributed by atoms with Gasteiger partial charge in [-0.3, -0.25) is 4.79 Å². The maximum atomic E-state index is 12.2. The third-order valence-electron chi connectivity index (χ3n) is 3.89. The Morgan fingerprint density at radius 3 is 2.68 bits per heavy atom. The normalized spacial score (nSPS) is 33.8. The van der Waals surface area contributed by atoms with Crippen LogP contribution in [-0.4, -0.2) is 62.2 Å². The lowest BCUT2D eigenvalue weighted by atomic mass is 10.00. The van der Waals surface area contributed by atoms with E-state index in [9.17, 15) is 10.1 Å². The van der Waals surface area contributed by atoms with Gasteiger partial charge >= 0.3 is 0 Å². The molecule has 7 heteroatoms. The van der Waals surface area contributed by atoms with Crippen LogP contribution in [0.5, 0.6) is 0 Å². The summed E-state index contributed by atoms with van der Waals surface area (Å²) in [7, 11) is 3.01. The Morgan fingerprint density at radius 1 is 1.58 bits per heavy atom. The number of methoxy groups -OCH3 is 2. The Morgan fingerprint density at radius 2 is 2.21 bits per heavy atom. The number of likely N-dealkylation sites (tertiary alicyclic amines) is 1. The molecular formula is C12H19N3O4. The van der Waals surface area contributed by atoms with Gasteiger partial charge in [0.05, 0.1) is 18.0 Å². The molecule has 106 valence electrons. The van der Waals surface area contributed by atoms with Gasteiger partial charge in [-0.15, -0.1) is 0 Å². The first-order valence-corrected chi connectivity index (χ1v) is 6.18. The Bertz CT molecular complexity index is 402. The van der Waals surface area contributed by atoms with Gasteiger partial charge in [0.1, 0.15) is 18.8 Å². The lowest BCUT2D eigenvalue weighted by Crippen LogP contribution is -2.57. The van der Waals surface area contributed by atoms with E-state index in [2.05, 4.69) is 6.07 Å². The molecule has 0 aliphatic carbocycles. The van der Waals surface area contributed by atoms with Crippen LogP contribution in [0.1, 0.15) is 6.92 Å². The molecule has 0 aromatic rings. The van der Waals surface area contributed by atoms with E-state index in [-0.39, 0.29) is 18.4 Å². The predicted octanol–water partition coefficient (Wildman–Crippen LogP) is -0.928. The van der Waals surface area contributed by atoms with Crippen molar-refractivity contribution in [2.75, 3.05) is 27.4 Å². The molecule has 1 amide bonds. The SMILES string of the molecule is COC1(OC)COC2C(C#N)CN(C(=O)C(C)N)C21. The molecule has 0 aromatic heterocycles. The molecular weight excluding hydrogens is 250 g/mol. The van der Waals surface area contributed by atoms with E-state index in [0.717, 1.165) is 0 Å². The summed E-state index contributed by atoms with van der Waals surface area (Å²) < 4.78 is 16.5. The Hall–Kier alpha value is -1.20. The fourth-order valence-corrected chi connectivity index (χ4v) is 2.87. The number of nitrogens with zero attached hydrogens (tertiary/aromatic N) is 2. The highest BCUT2D eigenvalue weighted by Crippen LogP contribution is 2.41. The number of amides is 1. The van der Waals surface area contributed by atoms with Gasteiger partial charge < -0.3 is 24.8 Å². The van der Waals surface area contributed by atoms with Crippen molar-refractivity contribution in [3.8, 4) is 6.07 Å². The molecule has 0 radical (unpaired) electrons. The Balaban J connectivity index is 2.35. The second-order valence-electron chi connectivity index (χ2n) is 4.96. The van der Waals surface area contributed by atoms with Crippen LogP contribution < -0.4 is 5.73 Å². The maximum Gasteiger partial charge on any atom is 0.239 e. The van der Waals surface area contributed by atoms with Crippen LogP contribution in [0, 0.1) is 17.2 Å². The van der Waals surface area contributed by atoms with Gasteiger partial charge in [0.15, 0.2) is 0 Å². The first kappa shape index (κ1) is 14.2. The van der Waals surface area contributed by atoms with Crippen molar-refractivity contribution in [1.82, 2.24) is 4.90 Å². The first-order valence-electron chi connectivity index (χ1n) is 6.18. The summed E-state index contributed by atoms with van der Waals surface area (Å²) in [4.78, 5) is 13.8. The van der Waals surface area contributed by atoms with E-state index >= 15 is 0 Å². The number of nitriles is 1. The average Bonchev–Trinajstić information content (AvgIpc) is 2.95. The Kier molecular flexibility index (Phi) is 3.78. The smallest absolute Gasteiger partial charge is 0.239 e. The molecule has 2 rings (SSSR count). The molecule has 0 bridgehead atoms. The molecule has 2 heterocycles. The van der Waals surface area contributed by atoms with Crippen LogP contribution in [0.15, 0.2) is 0 Å². The zero-order valence-electron chi connectivity index (χ0n) is 11.3. The van der Waals surface area contributed by atoms with Gasteiger partial charge in [0.25, 0.3) is 0 Å². The van der Waals surface area contributed by atoms with Gasteiger partial charge in [-0.2, -0.15) is 5.26 Å². The van der Waals surface area contributed by atoms with E-state index in [1.165, 1.54) is 14.2 Å². The van der Waals surface area contributed by atoms with E-state index in [0.29, 0.717) is 6.54 Å². The number of fused-ring (bicyclic) bond motifs is 1. The minimum Gasteiger partial charge on any atom is -0.369 e. The highest BCUT2D eigenvalue weighted by molar-refractivity contribution is 5.82. The van der Waals surface area contributed by atoms with Crippen molar-refractivity contribution in [3.63, 3.8) is 0 Å². The number of hydrogen-bond acceptors (Lipinski definition) is 6. The summed E-state index contributed by atoms with van der Waals surface area (Å²) in [5.74, 6) is -1.64. The van der Waals surface area contributed by atoms with E-state index in [1.54, 1.807) is 11.8 Å². The summed E-state index contributed by atoms with van der Waals surface area (Å²) in [5, 5.41) is 9.19. The lowest BCUT2D eigenvalue weighted by Gasteiger charge is -2.36. The molecule has 0 spiro atoms. The van der Waals surface area contributed by atoms with Gasteiger partial charge in [-0.1, -0.05) is 0 Å². The summed E-state index contributed by atoms with van der Waals surface area (Å²) in [5.41, 5.74) is 5.66. The molecule has 7 nitrogen and oxygen atoms in total. The maximum absolute atomic E-state index is 12.2. The number of ether oxygens (including phenoxy) is 3. The van der Waals surface area contributed by atoms with E-state index < -0.39 is 24.0 Å². The minimum atomic E-state index is -1.03. The lowest BCUT2D eigenvalue weighted by molar-refractivity contribution is -0.227. The van der Waals surface area contributed by atoms with Gasteiger partial charge in [0.2, 0.25) is 11.7 Å². The fraction of sp³-hybridized carbons (Fsp3) is 0.833. The van der Waals surface area contributed by atoms with Crippen molar-refractivity contribution in [1.29, 1.82) is 5.26 Å². The van der Waals surface area contributed by atoms with Crippen molar-refractivity contribution < 1.29 is 19.0 Å². The third kappa shape index (κ3) is 2.01. The quantitative estimate of drug-likeness (QED) is 0.665. The summed E-state index contributed by atoms with van der Waals surface area (Å²) in [6, 6.07) is 1.10. The number of carbonyl (C=O) groups excluding carboxylic acids is 1. The fourth-order valence-electron chi connectivity index (χ4n) is 2.87. The molecule has 0 aromatic carbocycles. The molecule has 2 aliphatic heterocycles. The molecule has 19 heavy (non-hydrogen) atoms. The van der Waals surface area contributed by atoms with Gasteiger partial charge in [-0.25, -0.2) is 0 Å². The van der Waals surface area contributed by atoms with Crippen molar-refractivity contribution >= 4 is 5.91 Å². The first-order chi connectivity index (χ1) is 9.00. The summed E-state index contributed by atoms with van der Waals surface area (Å²) in [6.45, 7) is 2.10. The number of nitrogens with two attached hydrogens (primary N) is 1. The Labute approximate surface area is 112 Å². The van der Waals surface area contributed by atoms with Crippen LogP contribution >= 0.6 is 0 Å². The van der Waals surface area contributed by atoms with Crippen molar-refractivity contribution in [3.05, 3.63) is 0 Å². The second kappa shape index (κ2) is 5.06.